The minimum absolute atomic E-state index is 0.0123. The monoisotopic (exact) mass is 597 g/mol. The van der Waals surface area contributed by atoms with Gasteiger partial charge >= 0.3 is 0 Å². The second-order valence-corrected chi connectivity index (χ2v) is 11.4. The first-order valence-corrected chi connectivity index (χ1v) is 14.2. The van der Waals surface area contributed by atoms with Crippen molar-refractivity contribution in [3.05, 3.63) is 73.0 Å². The lowest BCUT2D eigenvalue weighted by Gasteiger charge is -2.23. The molecule has 0 spiro atoms. The summed E-state index contributed by atoms with van der Waals surface area (Å²) in [5.41, 5.74) is 1.04. The zero-order valence-electron chi connectivity index (χ0n) is 21.6. The van der Waals surface area contributed by atoms with Crippen LogP contribution in [0.4, 0.5) is 5.13 Å². The quantitative estimate of drug-likeness (QED) is 0.216. The number of hydrogen-bond donors (Lipinski definition) is 0. The molecule has 8 nitrogen and oxygen atoms in total. The average molecular weight is 599 g/mol. The van der Waals surface area contributed by atoms with Gasteiger partial charge in [0.15, 0.2) is 16.9 Å². The van der Waals surface area contributed by atoms with Crippen molar-refractivity contribution in [1.82, 2.24) is 10.2 Å². The van der Waals surface area contributed by atoms with Crippen LogP contribution >= 0.6 is 27.3 Å². The van der Waals surface area contributed by atoms with Crippen LogP contribution in [0.2, 0.25) is 0 Å². The molecule has 198 valence electrons. The highest BCUT2D eigenvalue weighted by Gasteiger charge is 2.45. The first-order chi connectivity index (χ1) is 18.3. The molecule has 0 saturated heterocycles. The molecule has 0 N–H and O–H groups in total. The van der Waals surface area contributed by atoms with Gasteiger partial charge in [0.2, 0.25) is 10.9 Å². The predicted molar refractivity (Wildman–Crippen MR) is 151 cm³/mol. The zero-order valence-corrected chi connectivity index (χ0v) is 24.0. The molecule has 38 heavy (non-hydrogen) atoms. The fraction of sp³-hybridized carbons (Fsp3) is 0.357. The van der Waals surface area contributed by atoms with E-state index in [0.717, 1.165) is 15.9 Å². The number of benzene rings is 2. The Kier molecular flexibility index (Phi) is 7.54. The summed E-state index contributed by atoms with van der Waals surface area (Å²) in [5, 5.41) is 10.1. The van der Waals surface area contributed by atoms with E-state index in [2.05, 4.69) is 40.0 Å². The average Bonchev–Trinajstić information content (AvgIpc) is 3.48. The summed E-state index contributed by atoms with van der Waals surface area (Å²) in [6.45, 7) is 9.16. The normalized spacial score (nSPS) is 14.9. The highest BCUT2D eigenvalue weighted by molar-refractivity contribution is 9.10. The van der Waals surface area contributed by atoms with Gasteiger partial charge in [-0.05, 0) is 61.6 Å². The minimum atomic E-state index is -0.765. The molecule has 3 heterocycles. The molecule has 1 aliphatic rings. The molecular formula is C28H28BrN3O5S. The second-order valence-electron chi connectivity index (χ2n) is 9.39. The number of hydrogen-bond acceptors (Lipinski definition) is 8. The van der Waals surface area contributed by atoms with Crippen LogP contribution in [-0.2, 0) is 6.42 Å². The molecule has 4 aromatic rings. The highest BCUT2D eigenvalue weighted by atomic mass is 79.9. The predicted octanol–water partition coefficient (Wildman–Crippen LogP) is 6.54. The van der Waals surface area contributed by atoms with Crippen LogP contribution < -0.4 is 19.8 Å². The van der Waals surface area contributed by atoms with Crippen LogP contribution in [0, 0.1) is 5.92 Å². The summed E-state index contributed by atoms with van der Waals surface area (Å²) in [6.07, 6.45) is 1.59. The Labute approximate surface area is 232 Å². The molecule has 1 amide bonds. The molecule has 5 rings (SSSR count). The number of rotatable bonds is 9. The van der Waals surface area contributed by atoms with Crippen molar-refractivity contribution in [3.8, 4) is 11.5 Å². The molecule has 0 aliphatic carbocycles. The van der Waals surface area contributed by atoms with E-state index in [-0.39, 0.29) is 16.8 Å². The summed E-state index contributed by atoms with van der Waals surface area (Å²) in [5.74, 6) is 1.26. The van der Waals surface area contributed by atoms with Crippen molar-refractivity contribution in [2.45, 2.75) is 46.6 Å². The maximum Gasteiger partial charge on any atom is 0.297 e. The van der Waals surface area contributed by atoms with Gasteiger partial charge < -0.3 is 13.9 Å². The summed E-state index contributed by atoms with van der Waals surface area (Å²) < 4.78 is 18.7. The number of amides is 1. The number of carbonyl (C=O) groups excluding carboxylic acids is 1. The van der Waals surface area contributed by atoms with E-state index in [0.29, 0.717) is 58.7 Å². The Morgan fingerprint density at radius 1 is 1.08 bits per heavy atom. The summed E-state index contributed by atoms with van der Waals surface area (Å²) in [7, 11) is 0. The van der Waals surface area contributed by atoms with E-state index in [1.807, 2.05) is 32.0 Å². The van der Waals surface area contributed by atoms with Gasteiger partial charge in [0, 0.05) is 4.47 Å². The van der Waals surface area contributed by atoms with E-state index in [1.165, 1.54) is 16.2 Å². The Bertz CT molecular complexity index is 1560. The van der Waals surface area contributed by atoms with Gasteiger partial charge in [-0.15, -0.1) is 10.2 Å². The number of aromatic nitrogens is 2. The first kappa shape index (κ1) is 26.4. The van der Waals surface area contributed by atoms with Crippen molar-refractivity contribution in [3.63, 3.8) is 0 Å². The summed E-state index contributed by atoms with van der Waals surface area (Å²) in [4.78, 5) is 29.2. The van der Waals surface area contributed by atoms with Crippen LogP contribution in [0.15, 0.2) is 50.1 Å². The molecule has 0 saturated carbocycles. The SMILES string of the molecule is CCOc1cc(C2c3c(oc4ccc(Br)cc4c3=O)C(=O)N2c2nnc(CC)s2)ccc1OCCC(C)C. The summed E-state index contributed by atoms with van der Waals surface area (Å²) >= 11 is 4.76. The van der Waals surface area contributed by atoms with Crippen molar-refractivity contribution >= 4 is 49.3 Å². The standard InChI is InChI=1S/C28H28BrN3O5S/c1-5-22-30-31-28(38-22)32-24(16-7-9-20(21(13-16)35-6-2)36-12-11-15(3)4)23-25(33)18-14-17(29)8-10-19(18)37-26(23)27(32)34/h7-10,13-15,24H,5-6,11-12H2,1-4H3. The van der Waals surface area contributed by atoms with Crippen LogP contribution in [0.3, 0.4) is 0 Å². The maximum absolute atomic E-state index is 13.9. The third-order valence-corrected chi connectivity index (χ3v) is 7.89. The molecule has 0 bridgehead atoms. The first-order valence-electron chi connectivity index (χ1n) is 12.6. The van der Waals surface area contributed by atoms with Gasteiger partial charge in [-0.25, -0.2) is 0 Å². The van der Waals surface area contributed by atoms with E-state index in [4.69, 9.17) is 13.9 Å². The van der Waals surface area contributed by atoms with Gasteiger partial charge in [-0.2, -0.15) is 0 Å². The largest absolute Gasteiger partial charge is 0.490 e. The van der Waals surface area contributed by atoms with Gasteiger partial charge in [-0.1, -0.05) is 54.1 Å². The lowest BCUT2D eigenvalue weighted by molar-refractivity contribution is 0.0970. The maximum atomic E-state index is 13.9. The second kappa shape index (κ2) is 10.9. The molecule has 0 radical (unpaired) electrons. The number of carbonyl (C=O) groups is 1. The number of halogens is 1. The Balaban J connectivity index is 1.68. The molecular weight excluding hydrogens is 570 g/mol. The minimum Gasteiger partial charge on any atom is -0.490 e. The fourth-order valence-electron chi connectivity index (χ4n) is 4.43. The van der Waals surface area contributed by atoms with Crippen molar-refractivity contribution in [2.24, 2.45) is 5.92 Å². The van der Waals surface area contributed by atoms with Gasteiger partial charge in [0.1, 0.15) is 10.6 Å². The molecule has 10 heteroatoms. The van der Waals surface area contributed by atoms with Crippen molar-refractivity contribution in [1.29, 1.82) is 0 Å². The number of anilines is 1. The number of aryl methyl sites for hydroxylation is 1. The van der Waals surface area contributed by atoms with Crippen LogP contribution in [-0.4, -0.2) is 29.3 Å². The van der Waals surface area contributed by atoms with Crippen molar-refractivity contribution in [2.75, 3.05) is 18.1 Å². The fourth-order valence-corrected chi connectivity index (χ4v) is 5.60. The van der Waals surface area contributed by atoms with Gasteiger partial charge in [0.05, 0.1) is 30.2 Å². The lowest BCUT2D eigenvalue weighted by atomic mass is 9.98. The Hall–Kier alpha value is -3.24. The van der Waals surface area contributed by atoms with Crippen LogP contribution in [0.5, 0.6) is 11.5 Å². The topological polar surface area (TPSA) is 94.8 Å². The van der Waals surface area contributed by atoms with E-state index in [9.17, 15) is 9.59 Å². The number of fused-ring (bicyclic) bond motifs is 2. The van der Waals surface area contributed by atoms with E-state index in [1.54, 1.807) is 18.2 Å². The molecule has 2 aromatic carbocycles. The number of nitrogens with zero attached hydrogens (tertiary/aromatic N) is 3. The molecule has 2 aromatic heterocycles. The summed E-state index contributed by atoms with van der Waals surface area (Å²) in [6, 6.07) is 9.93. The zero-order chi connectivity index (χ0) is 27.0. The van der Waals surface area contributed by atoms with Crippen LogP contribution in [0.1, 0.15) is 66.8 Å². The molecule has 0 fully saturated rings. The third kappa shape index (κ3) is 4.82. The highest BCUT2D eigenvalue weighted by Crippen LogP contribution is 2.44. The molecule has 1 unspecified atom stereocenters. The number of ether oxygens (including phenoxy) is 2. The van der Waals surface area contributed by atoms with Crippen LogP contribution in [0.25, 0.3) is 11.0 Å². The lowest BCUT2D eigenvalue weighted by Crippen LogP contribution is -2.29. The smallest absolute Gasteiger partial charge is 0.297 e. The van der Waals surface area contributed by atoms with Gasteiger partial charge in [0.25, 0.3) is 5.91 Å². The Morgan fingerprint density at radius 3 is 2.61 bits per heavy atom. The molecule has 1 atom stereocenters. The Morgan fingerprint density at radius 2 is 1.89 bits per heavy atom. The van der Waals surface area contributed by atoms with E-state index >= 15 is 0 Å². The third-order valence-electron chi connectivity index (χ3n) is 6.33. The van der Waals surface area contributed by atoms with Gasteiger partial charge in [-0.3, -0.25) is 14.5 Å². The molecule has 1 aliphatic heterocycles. The van der Waals surface area contributed by atoms with E-state index < -0.39 is 11.9 Å². The van der Waals surface area contributed by atoms with Crippen molar-refractivity contribution < 1.29 is 18.7 Å².